The van der Waals surface area contributed by atoms with Crippen LogP contribution in [0.15, 0.2) is 158 Å². The van der Waals surface area contributed by atoms with Crippen molar-refractivity contribution in [3.05, 3.63) is 202 Å². The summed E-state index contributed by atoms with van der Waals surface area (Å²) in [5.74, 6) is 1.29. The molecule has 0 radical (unpaired) electrons. The van der Waals surface area contributed by atoms with Crippen LogP contribution < -0.4 is 15.9 Å². The van der Waals surface area contributed by atoms with Gasteiger partial charge in [0.1, 0.15) is 5.69 Å². The maximum Gasteiger partial charge on any atom is 0.198 e. The third-order valence-corrected chi connectivity index (χ3v) is 14.9. The standard InChI is InChI=1S/C59H46N4/c1-35-13-12-16-40(29-35)61-51-21-10-7-17-42(51)46-31-38(24-27-53(46)61)39-25-28-54-47(32-39)43-18-8-11-22-52(43)62(54)41-33-48-45-30-36(2)23-26-55(45)63-58(48)49(34-41)57-56(37-14-4-3-5-15-37)44-19-6-9-20-50(44)60-59(57)63/h3-12,14-22,24-31,33-36,39,59-60H,13,23,32H2,1-2H3/p+1. The molecule has 14 rings (SSSR count). The Morgan fingerprint density at radius 3 is 2.25 bits per heavy atom. The molecule has 0 saturated carbocycles. The Morgan fingerprint density at radius 2 is 1.38 bits per heavy atom. The van der Waals surface area contributed by atoms with E-state index >= 15 is 0 Å². The number of para-hydroxylation sites is 3. The number of fused-ring (bicyclic) bond motifs is 13. The van der Waals surface area contributed by atoms with Crippen LogP contribution in [0.4, 0.5) is 5.69 Å². The molecular formula is C59H47N4+. The second-order valence-corrected chi connectivity index (χ2v) is 18.7. The van der Waals surface area contributed by atoms with Crippen molar-refractivity contribution in [2.45, 2.75) is 45.2 Å². The fraction of sp³-hybridized carbons (Fsp3) is 0.153. The average Bonchev–Trinajstić information content (AvgIpc) is 4.04. The fourth-order valence-electron chi connectivity index (χ4n) is 12.1. The van der Waals surface area contributed by atoms with E-state index in [1.165, 1.54) is 116 Å². The zero-order valence-corrected chi connectivity index (χ0v) is 35.6. The van der Waals surface area contributed by atoms with Crippen LogP contribution in [-0.2, 0) is 6.42 Å². The number of aromatic nitrogens is 3. The van der Waals surface area contributed by atoms with Crippen molar-refractivity contribution in [1.82, 2.24) is 13.7 Å². The van der Waals surface area contributed by atoms with Crippen LogP contribution in [0.5, 0.6) is 0 Å². The molecule has 6 aromatic carbocycles. The third-order valence-electron chi connectivity index (χ3n) is 14.9. The van der Waals surface area contributed by atoms with Gasteiger partial charge in [0, 0.05) is 66.5 Å². The SMILES string of the molecule is CC1C=C(n2c3ccccc3c3cc(C4C=Cc5c(c6ccccc6n5-c5cc6c7c(c5)c5c(n7C7[NH2+]c8ccccc8C(c8ccccc8)=C67)=CCC(C)C=5)C4)ccc32)C=CC1. The van der Waals surface area contributed by atoms with Crippen LogP contribution in [0.1, 0.15) is 72.3 Å². The summed E-state index contributed by atoms with van der Waals surface area (Å²) in [5, 5.41) is 10.6. The monoisotopic (exact) mass is 811 g/mol. The second kappa shape index (κ2) is 13.2. The normalized spacial score (nSPS) is 20.8. The highest BCUT2D eigenvalue weighted by Gasteiger charge is 2.41. The molecule has 3 aromatic heterocycles. The quantitative estimate of drug-likeness (QED) is 0.172. The van der Waals surface area contributed by atoms with Crippen molar-refractivity contribution >= 4 is 84.4 Å². The van der Waals surface area contributed by atoms with Crippen LogP contribution in [0, 0.1) is 11.8 Å². The van der Waals surface area contributed by atoms with Crippen LogP contribution in [-0.4, -0.2) is 13.7 Å². The van der Waals surface area contributed by atoms with E-state index in [1.54, 1.807) is 0 Å². The summed E-state index contributed by atoms with van der Waals surface area (Å²) in [6.45, 7) is 4.67. The number of hydrogen-bond donors (Lipinski definition) is 1. The molecule has 5 heterocycles. The lowest BCUT2D eigenvalue weighted by Gasteiger charge is -2.26. The molecule has 0 saturated heterocycles. The highest BCUT2D eigenvalue weighted by Crippen LogP contribution is 2.49. The van der Waals surface area contributed by atoms with Gasteiger partial charge in [-0.05, 0) is 108 Å². The van der Waals surface area contributed by atoms with Crippen molar-refractivity contribution in [2.75, 3.05) is 0 Å². The van der Waals surface area contributed by atoms with Gasteiger partial charge in [0.25, 0.3) is 0 Å². The van der Waals surface area contributed by atoms with Crippen LogP contribution in [0.2, 0.25) is 0 Å². The summed E-state index contributed by atoms with van der Waals surface area (Å²) in [6.07, 6.45) is 20.2. The maximum absolute atomic E-state index is 2.67. The molecule has 4 atom stereocenters. The molecule has 63 heavy (non-hydrogen) atoms. The Balaban J connectivity index is 0.964. The van der Waals surface area contributed by atoms with Gasteiger partial charge in [-0.15, -0.1) is 0 Å². The number of quaternary nitrogens is 1. The molecule has 2 aliphatic heterocycles. The van der Waals surface area contributed by atoms with Gasteiger partial charge < -0.3 is 9.13 Å². The van der Waals surface area contributed by atoms with E-state index in [4.69, 9.17) is 0 Å². The molecule has 2 N–H and O–H groups in total. The first-order valence-electron chi connectivity index (χ1n) is 22.9. The summed E-state index contributed by atoms with van der Waals surface area (Å²) in [7, 11) is 0. The topological polar surface area (TPSA) is 31.4 Å². The van der Waals surface area contributed by atoms with E-state index in [2.05, 4.69) is 209 Å². The minimum atomic E-state index is 0.117. The average molecular weight is 812 g/mol. The lowest BCUT2D eigenvalue weighted by atomic mass is 9.85. The Hall–Kier alpha value is -7.14. The van der Waals surface area contributed by atoms with E-state index in [1.807, 2.05) is 0 Å². The lowest BCUT2D eigenvalue weighted by Crippen LogP contribution is -2.82. The molecule has 0 amide bonds. The van der Waals surface area contributed by atoms with Crippen molar-refractivity contribution < 1.29 is 5.32 Å². The first kappa shape index (κ1) is 35.5. The van der Waals surface area contributed by atoms with Crippen molar-refractivity contribution in [3.63, 3.8) is 0 Å². The summed E-state index contributed by atoms with van der Waals surface area (Å²) in [5.41, 5.74) is 19.8. The zero-order chi connectivity index (χ0) is 41.5. The molecule has 4 unspecified atom stereocenters. The Kier molecular flexibility index (Phi) is 7.42. The van der Waals surface area contributed by atoms with Crippen molar-refractivity contribution in [2.24, 2.45) is 11.8 Å². The van der Waals surface area contributed by atoms with Gasteiger partial charge in [-0.25, -0.2) is 0 Å². The highest BCUT2D eigenvalue weighted by atomic mass is 15.2. The number of nitrogens with two attached hydrogens (primary N) is 1. The predicted molar refractivity (Wildman–Crippen MR) is 262 cm³/mol. The van der Waals surface area contributed by atoms with Crippen molar-refractivity contribution in [1.29, 1.82) is 0 Å². The zero-order valence-electron chi connectivity index (χ0n) is 35.6. The molecule has 3 aliphatic carbocycles. The first-order valence-corrected chi connectivity index (χ1v) is 22.9. The molecule has 0 spiro atoms. The Bertz CT molecular complexity index is 3730. The van der Waals surface area contributed by atoms with Gasteiger partial charge in [0.05, 0.1) is 33.0 Å². The Morgan fingerprint density at radius 1 is 0.619 bits per heavy atom. The first-order chi connectivity index (χ1) is 31.1. The fourth-order valence-corrected chi connectivity index (χ4v) is 12.1. The van der Waals surface area contributed by atoms with Crippen molar-refractivity contribution in [3.8, 4) is 5.69 Å². The largest absolute Gasteiger partial charge is 0.310 e. The molecular weight excluding hydrogens is 765 g/mol. The smallest absolute Gasteiger partial charge is 0.198 e. The van der Waals surface area contributed by atoms with E-state index in [0.29, 0.717) is 11.8 Å². The van der Waals surface area contributed by atoms with Gasteiger partial charge in [0.15, 0.2) is 6.17 Å². The minimum absolute atomic E-state index is 0.117. The number of nitrogens with zero attached hydrogens (tertiary/aromatic N) is 3. The van der Waals surface area contributed by atoms with Gasteiger partial charge in [-0.1, -0.05) is 129 Å². The molecule has 4 nitrogen and oxygen atoms in total. The van der Waals surface area contributed by atoms with E-state index in [0.717, 1.165) is 19.3 Å². The number of allylic oxidation sites excluding steroid dienone is 5. The van der Waals surface area contributed by atoms with Crippen LogP contribution in [0.3, 0.4) is 0 Å². The number of rotatable bonds is 4. The molecule has 9 aromatic rings. The minimum Gasteiger partial charge on any atom is -0.310 e. The van der Waals surface area contributed by atoms with Gasteiger partial charge >= 0.3 is 0 Å². The number of benzene rings is 6. The molecule has 0 bridgehead atoms. The van der Waals surface area contributed by atoms with E-state index < -0.39 is 0 Å². The molecule has 302 valence electrons. The van der Waals surface area contributed by atoms with E-state index in [-0.39, 0.29) is 12.1 Å². The molecule has 4 heteroatoms. The summed E-state index contributed by atoms with van der Waals surface area (Å²) in [6, 6.07) is 50.5. The summed E-state index contributed by atoms with van der Waals surface area (Å²) in [4.78, 5) is 0. The lowest BCUT2D eigenvalue weighted by molar-refractivity contribution is -0.618. The van der Waals surface area contributed by atoms with Gasteiger partial charge in [-0.3, -0.25) is 9.88 Å². The summed E-state index contributed by atoms with van der Waals surface area (Å²) < 4.78 is 7.72. The molecule has 0 fully saturated rings. The third kappa shape index (κ3) is 5.01. The molecule has 5 aliphatic rings. The van der Waals surface area contributed by atoms with Gasteiger partial charge in [-0.2, -0.15) is 0 Å². The predicted octanol–water partition coefficient (Wildman–Crippen LogP) is 11.8. The highest BCUT2D eigenvalue weighted by molar-refractivity contribution is 6.12. The van der Waals surface area contributed by atoms with E-state index in [9.17, 15) is 0 Å². The maximum atomic E-state index is 2.67. The van der Waals surface area contributed by atoms with Crippen LogP contribution in [0.25, 0.3) is 84.4 Å². The van der Waals surface area contributed by atoms with Crippen LogP contribution >= 0.6 is 0 Å². The van der Waals surface area contributed by atoms with Gasteiger partial charge in [0.2, 0.25) is 0 Å². The number of hydrogen-bond acceptors (Lipinski definition) is 0. The summed E-state index contributed by atoms with van der Waals surface area (Å²) >= 11 is 0. The Labute approximate surface area is 366 Å². The second-order valence-electron chi connectivity index (χ2n) is 18.7.